The Balaban J connectivity index is 3.09. The average Bonchev–Trinajstić information content (AvgIpc) is 2.39. The van der Waals surface area contributed by atoms with Crippen LogP contribution in [0, 0.1) is 5.82 Å². The van der Waals surface area contributed by atoms with Gasteiger partial charge in [-0.2, -0.15) is 0 Å². The highest BCUT2D eigenvalue weighted by molar-refractivity contribution is 5.37. The van der Waals surface area contributed by atoms with E-state index in [0.717, 1.165) is 12.8 Å². The van der Waals surface area contributed by atoms with Crippen molar-refractivity contribution in [3.8, 4) is 5.75 Å². The number of nitrogens with one attached hydrogen (secondary N) is 1. The Morgan fingerprint density at radius 1 is 1.39 bits per heavy atom. The average molecular weight is 256 g/mol. The van der Waals surface area contributed by atoms with Crippen molar-refractivity contribution in [1.29, 1.82) is 0 Å². The van der Waals surface area contributed by atoms with Gasteiger partial charge in [0.05, 0.1) is 19.3 Å². The number of nitrogens with two attached hydrogens (primary N) is 1. The van der Waals surface area contributed by atoms with Gasteiger partial charge in [0.2, 0.25) is 0 Å². The van der Waals surface area contributed by atoms with Gasteiger partial charge >= 0.3 is 0 Å². The molecule has 1 aromatic rings. The van der Waals surface area contributed by atoms with E-state index in [9.17, 15) is 4.39 Å². The molecule has 0 fully saturated rings. The maximum Gasteiger partial charge on any atom is 0.123 e. The molecule has 0 radical (unpaired) electrons. The second-order valence-electron chi connectivity index (χ2n) is 4.09. The van der Waals surface area contributed by atoms with Gasteiger partial charge in [-0.15, -0.1) is 0 Å². The van der Waals surface area contributed by atoms with Crippen LogP contribution in [0.5, 0.6) is 5.75 Å². The van der Waals surface area contributed by atoms with E-state index in [2.05, 4.69) is 12.3 Å². The highest BCUT2D eigenvalue weighted by atomic mass is 19.1. The summed E-state index contributed by atoms with van der Waals surface area (Å²) >= 11 is 0. The Morgan fingerprint density at radius 3 is 2.61 bits per heavy atom. The van der Waals surface area contributed by atoms with Crippen LogP contribution < -0.4 is 16.0 Å². The van der Waals surface area contributed by atoms with Gasteiger partial charge in [-0.3, -0.25) is 11.3 Å². The predicted octanol–water partition coefficient (Wildman–Crippen LogP) is 2.15. The largest absolute Gasteiger partial charge is 0.496 e. The summed E-state index contributed by atoms with van der Waals surface area (Å²) in [7, 11) is 3.17. The van der Waals surface area contributed by atoms with Crippen LogP contribution in [0.25, 0.3) is 0 Å². The molecule has 3 N–H and O–H groups in total. The first-order valence-corrected chi connectivity index (χ1v) is 6.00. The lowest BCUT2D eigenvalue weighted by molar-refractivity contribution is 0.0597. The zero-order valence-electron chi connectivity index (χ0n) is 11.1. The maximum absolute atomic E-state index is 13.4. The highest BCUT2D eigenvalue weighted by Crippen LogP contribution is 2.30. The molecular weight excluding hydrogens is 235 g/mol. The Hall–Kier alpha value is -1.17. The zero-order chi connectivity index (χ0) is 13.5. The third-order valence-corrected chi connectivity index (χ3v) is 2.95. The zero-order valence-corrected chi connectivity index (χ0v) is 11.1. The quantitative estimate of drug-likeness (QED) is 0.580. The van der Waals surface area contributed by atoms with Crippen LogP contribution in [0.2, 0.25) is 0 Å². The summed E-state index contributed by atoms with van der Waals surface area (Å²) < 4.78 is 24.0. The number of halogens is 1. The molecule has 0 amide bonds. The second-order valence-corrected chi connectivity index (χ2v) is 4.09. The Kier molecular flexibility index (Phi) is 6.04. The van der Waals surface area contributed by atoms with Crippen molar-refractivity contribution in [2.75, 3.05) is 14.2 Å². The van der Waals surface area contributed by atoms with E-state index in [4.69, 9.17) is 15.3 Å². The van der Waals surface area contributed by atoms with Crippen LogP contribution in [0.15, 0.2) is 18.2 Å². The number of hydrogen-bond acceptors (Lipinski definition) is 4. The van der Waals surface area contributed by atoms with E-state index >= 15 is 0 Å². The minimum Gasteiger partial charge on any atom is -0.496 e. The maximum atomic E-state index is 13.4. The van der Waals surface area contributed by atoms with Crippen molar-refractivity contribution in [2.24, 2.45) is 5.84 Å². The van der Waals surface area contributed by atoms with Crippen molar-refractivity contribution < 1.29 is 13.9 Å². The van der Waals surface area contributed by atoms with Crippen LogP contribution in [0.1, 0.15) is 31.4 Å². The third kappa shape index (κ3) is 3.41. The Labute approximate surface area is 107 Å². The lowest BCUT2D eigenvalue weighted by Gasteiger charge is -2.26. The highest BCUT2D eigenvalue weighted by Gasteiger charge is 2.24. The first-order chi connectivity index (χ1) is 8.67. The van der Waals surface area contributed by atoms with Gasteiger partial charge in [0.1, 0.15) is 11.6 Å². The first-order valence-electron chi connectivity index (χ1n) is 6.00. The number of hydrazine groups is 1. The van der Waals surface area contributed by atoms with Crippen LogP contribution in [0.3, 0.4) is 0 Å². The van der Waals surface area contributed by atoms with Crippen molar-refractivity contribution in [2.45, 2.75) is 31.9 Å². The van der Waals surface area contributed by atoms with E-state index < -0.39 is 0 Å². The van der Waals surface area contributed by atoms with Crippen LogP contribution in [0.4, 0.5) is 4.39 Å². The summed E-state index contributed by atoms with van der Waals surface area (Å²) in [5, 5.41) is 0. The van der Waals surface area contributed by atoms with Crippen LogP contribution >= 0.6 is 0 Å². The molecule has 0 aromatic heterocycles. The van der Waals surface area contributed by atoms with E-state index in [0.29, 0.717) is 11.3 Å². The number of benzene rings is 1. The Morgan fingerprint density at radius 2 is 2.11 bits per heavy atom. The molecule has 0 saturated heterocycles. The molecular formula is C13H21FN2O2. The second kappa shape index (κ2) is 7.31. The van der Waals surface area contributed by atoms with Crippen LogP contribution in [-0.4, -0.2) is 20.3 Å². The molecule has 0 spiro atoms. The van der Waals surface area contributed by atoms with Crippen molar-refractivity contribution >= 4 is 0 Å². The monoisotopic (exact) mass is 256 g/mol. The van der Waals surface area contributed by atoms with Crippen molar-refractivity contribution in [1.82, 2.24) is 5.43 Å². The summed E-state index contributed by atoms with van der Waals surface area (Å²) in [6.07, 6.45) is 1.65. The number of methoxy groups -OCH3 is 2. The third-order valence-electron chi connectivity index (χ3n) is 2.95. The lowest BCUT2D eigenvalue weighted by atomic mass is 9.97. The van der Waals surface area contributed by atoms with E-state index in [-0.39, 0.29) is 18.0 Å². The smallest absolute Gasteiger partial charge is 0.123 e. The molecule has 0 aliphatic carbocycles. The van der Waals surface area contributed by atoms with Gasteiger partial charge < -0.3 is 9.47 Å². The molecule has 0 aliphatic heterocycles. The van der Waals surface area contributed by atoms with Gasteiger partial charge in [-0.25, -0.2) is 4.39 Å². The standard InChI is InChI=1S/C13H21FN2O2/c1-4-5-12(18-3)13(16-15)10-8-9(14)6-7-11(10)17-2/h6-8,12-13,16H,4-5,15H2,1-3H3. The molecule has 1 aromatic carbocycles. The molecule has 102 valence electrons. The van der Waals surface area contributed by atoms with E-state index in [1.165, 1.54) is 12.1 Å². The molecule has 0 aliphatic rings. The fourth-order valence-corrected chi connectivity index (χ4v) is 2.05. The molecule has 0 bridgehead atoms. The minimum absolute atomic E-state index is 0.129. The molecule has 0 heterocycles. The van der Waals surface area contributed by atoms with Crippen LogP contribution in [-0.2, 0) is 4.74 Å². The van der Waals surface area contributed by atoms with Gasteiger partial charge in [0.15, 0.2) is 0 Å². The fraction of sp³-hybridized carbons (Fsp3) is 0.538. The molecule has 18 heavy (non-hydrogen) atoms. The Bertz CT molecular complexity index is 374. The summed E-state index contributed by atoms with van der Waals surface area (Å²) in [6.45, 7) is 2.06. The topological polar surface area (TPSA) is 56.5 Å². The number of hydrogen-bond donors (Lipinski definition) is 2. The molecule has 4 nitrogen and oxygen atoms in total. The molecule has 1 rings (SSSR count). The molecule has 2 unspecified atom stereocenters. The summed E-state index contributed by atoms with van der Waals surface area (Å²) in [5.74, 6) is 5.85. The number of ether oxygens (including phenoxy) is 2. The molecule has 5 heteroatoms. The van der Waals surface area contributed by atoms with Gasteiger partial charge in [0, 0.05) is 12.7 Å². The van der Waals surface area contributed by atoms with E-state index in [1.54, 1.807) is 20.3 Å². The summed E-state index contributed by atoms with van der Waals surface area (Å²) in [6, 6.07) is 4.07. The van der Waals surface area contributed by atoms with E-state index in [1.807, 2.05) is 0 Å². The lowest BCUT2D eigenvalue weighted by Crippen LogP contribution is -2.37. The summed E-state index contributed by atoms with van der Waals surface area (Å²) in [5.41, 5.74) is 3.35. The predicted molar refractivity (Wildman–Crippen MR) is 68.7 cm³/mol. The normalized spacial score (nSPS) is 14.3. The first kappa shape index (κ1) is 14.9. The van der Waals surface area contributed by atoms with Crippen molar-refractivity contribution in [3.63, 3.8) is 0 Å². The summed E-state index contributed by atoms with van der Waals surface area (Å²) in [4.78, 5) is 0. The SMILES string of the molecule is CCCC(OC)C(NN)c1cc(F)ccc1OC. The molecule has 2 atom stereocenters. The van der Waals surface area contributed by atoms with Gasteiger partial charge in [-0.1, -0.05) is 13.3 Å². The van der Waals surface area contributed by atoms with Gasteiger partial charge in [0.25, 0.3) is 0 Å². The van der Waals surface area contributed by atoms with Gasteiger partial charge in [-0.05, 0) is 24.6 Å². The number of rotatable bonds is 7. The minimum atomic E-state index is -0.322. The fourth-order valence-electron chi connectivity index (χ4n) is 2.05. The molecule has 0 saturated carbocycles. The van der Waals surface area contributed by atoms with Crippen molar-refractivity contribution in [3.05, 3.63) is 29.6 Å².